The van der Waals surface area contributed by atoms with Gasteiger partial charge in [0.05, 0.1) is 12.1 Å². The lowest BCUT2D eigenvalue weighted by Crippen LogP contribution is -2.02. The highest BCUT2D eigenvalue weighted by Crippen LogP contribution is 2.31. The van der Waals surface area contributed by atoms with Gasteiger partial charge in [0, 0.05) is 22.3 Å². The van der Waals surface area contributed by atoms with E-state index in [1.165, 1.54) is 16.7 Å². The number of nitrogens with zero attached hydrogens (tertiary/aromatic N) is 3. The summed E-state index contributed by atoms with van der Waals surface area (Å²) in [6, 6.07) is 23.6. The number of rotatable bonds is 5. The van der Waals surface area contributed by atoms with Gasteiger partial charge in [-0.3, -0.25) is 9.67 Å². The molecule has 148 valence electrons. The molecule has 0 aliphatic carbocycles. The minimum absolute atomic E-state index is 0.736. The van der Waals surface area contributed by atoms with Crippen LogP contribution in [0.15, 0.2) is 77.5 Å². The van der Waals surface area contributed by atoms with E-state index in [4.69, 9.17) is 10.1 Å². The van der Waals surface area contributed by atoms with Gasteiger partial charge in [-0.25, -0.2) is 0 Å². The molecule has 5 aromatic rings. The van der Waals surface area contributed by atoms with Crippen LogP contribution in [0, 0.1) is 6.92 Å². The third-order valence-electron chi connectivity index (χ3n) is 5.52. The van der Waals surface area contributed by atoms with Crippen LogP contribution in [0.4, 0.5) is 0 Å². The number of aryl methyl sites for hydroxylation is 2. The molecule has 30 heavy (non-hydrogen) atoms. The third-order valence-corrected chi connectivity index (χ3v) is 6.20. The van der Waals surface area contributed by atoms with Crippen molar-refractivity contribution in [3.05, 3.63) is 94.4 Å². The molecule has 0 saturated carbocycles. The molecule has 0 spiro atoms. The summed E-state index contributed by atoms with van der Waals surface area (Å²) >= 11 is 1.73. The first-order valence-electron chi connectivity index (χ1n) is 10.3. The largest absolute Gasteiger partial charge is 0.260 e. The Balaban J connectivity index is 1.59. The molecule has 3 nitrogen and oxygen atoms in total. The maximum atomic E-state index is 5.04. The van der Waals surface area contributed by atoms with E-state index in [9.17, 15) is 0 Å². The predicted molar refractivity (Wildman–Crippen MR) is 126 cm³/mol. The first-order valence-corrected chi connectivity index (χ1v) is 11.2. The molecule has 0 N–H and O–H groups in total. The molecule has 0 bridgehead atoms. The molecular weight excluding hydrogens is 386 g/mol. The van der Waals surface area contributed by atoms with Crippen molar-refractivity contribution in [2.45, 2.75) is 26.8 Å². The molecule has 0 fully saturated rings. The number of fused-ring (bicyclic) bond motifs is 1. The molecule has 2 aromatic carbocycles. The number of hydrogen-bond donors (Lipinski definition) is 0. The van der Waals surface area contributed by atoms with Gasteiger partial charge in [0.1, 0.15) is 5.69 Å². The molecular formula is C26H23N3S. The van der Waals surface area contributed by atoms with E-state index in [2.05, 4.69) is 90.0 Å². The Kier molecular flexibility index (Phi) is 4.93. The first-order chi connectivity index (χ1) is 14.7. The molecule has 0 amide bonds. The summed E-state index contributed by atoms with van der Waals surface area (Å²) < 4.78 is 2.13. The Hall–Kier alpha value is -3.24. The number of pyridine rings is 1. The van der Waals surface area contributed by atoms with E-state index >= 15 is 0 Å². The average Bonchev–Trinajstić information content (AvgIpc) is 3.44. The lowest BCUT2D eigenvalue weighted by atomic mass is 10.1. The van der Waals surface area contributed by atoms with Crippen molar-refractivity contribution in [3.8, 4) is 22.4 Å². The smallest absolute Gasteiger partial charge is 0.102 e. The summed E-state index contributed by atoms with van der Waals surface area (Å²) in [5, 5.41) is 10.5. The summed E-state index contributed by atoms with van der Waals surface area (Å²) in [5.74, 6) is 0. The van der Waals surface area contributed by atoms with Gasteiger partial charge in [0.25, 0.3) is 0 Å². The highest BCUT2D eigenvalue weighted by atomic mass is 32.1. The fourth-order valence-corrected chi connectivity index (χ4v) is 4.61. The Morgan fingerprint density at radius 2 is 1.70 bits per heavy atom. The molecule has 0 atom stereocenters. The molecule has 4 heteroatoms. The Morgan fingerprint density at radius 1 is 0.900 bits per heavy atom. The lowest BCUT2D eigenvalue weighted by molar-refractivity contribution is 0.714. The minimum Gasteiger partial charge on any atom is -0.260 e. The van der Waals surface area contributed by atoms with Crippen molar-refractivity contribution in [2.24, 2.45) is 0 Å². The van der Waals surface area contributed by atoms with Crippen LogP contribution in [0.2, 0.25) is 0 Å². The Bertz CT molecular complexity index is 1280. The van der Waals surface area contributed by atoms with Crippen LogP contribution >= 0.6 is 11.3 Å². The second kappa shape index (κ2) is 7.88. The van der Waals surface area contributed by atoms with Crippen molar-refractivity contribution in [1.82, 2.24) is 14.8 Å². The monoisotopic (exact) mass is 409 g/mol. The standard InChI is InChI=1S/C26H23N3S/c1-3-23-15-24-25(18(2)27-23)26(21-7-5-4-6-8-21)28-29(24)16-19-9-11-20(12-10-19)22-13-14-30-17-22/h4-15,17H,3,16H2,1-2H3. The van der Waals surface area contributed by atoms with Crippen LogP contribution in [0.25, 0.3) is 33.3 Å². The summed E-state index contributed by atoms with van der Waals surface area (Å²) in [6.45, 7) is 4.98. The molecule has 3 heterocycles. The summed E-state index contributed by atoms with van der Waals surface area (Å²) in [6.07, 6.45) is 0.915. The summed E-state index contributed by atoms with van der Waals surface area (Å²) in [4.78, 5) is 4.81. The van der Waals surface area contributed by atoms with Crippen LogP contribution in [0.5, 0.6) is 0 Å². The van der Waals surface area contributed by atoms with Gasteiger partial charge >= 0.3 is 0 Å². The predicted octanol–water partition coefficient (Wildman–Crippen LogP) is 6.75. The van der Waals surface area contributed by atoms with E-state index in [0.29, 0.717) is 0 Å². The molecule has 5 rings (SSSR count). The van der Waals surface area contributed by atoms with E-state index < -0.39 is 0 Å². The SMILES string of the molecule is CCc1cc2c(c(C)n1)c(-c1ccccc1)nn2Cc1ccc(-c2ccsc2)cc1. The summed E-state index contributed by atoms with van der Waals surface area (Å²) in [7, 11) is 0. The molecule has 0 aliphatic rings. The van der Waals surface area contributed by atoms with Crippen LogP contribution in [-0.2, 0) is 13.0 Å². The van der Waals surface area contributed by atoms with Gasteiger partial charge in [0.15, 0.2) is 0 Å². The van der Waals surface area contributed by atoms with Crippen LogP contribution in [-0.4, -0.2) is 14.8 Å². The van der Waals surface area contributed by atoms with Crippen molar-refractivity contribution in [2.75, 3.05) is 0 Å². The number of benzene rings is 2. The highest BCUT2D eigenvalue weighted by molar-refractivity contribution is 7.08. The van der Waals surface area contributed by atoms with Crippen molar-refractivity contribution in [1.29, 1.82) is 0 Å². The maximum absolute atomic E-state index is 5.04. The van der Waals surface area contributed by atoms with E-state index in [1.54, 1.807) is 11.3 Å². The van der Waals surface area contributed by atoms with Gasteiger partial charge < -0.3 is 0 Å². The zero-order valence-electron chi connectivity index (χ0n) is 17.2. The van der Waals surface area contributed by atoms with Gasteiger partial charge in [-0.2, -0.15) is 16.4 Å². The molecule has 3 aromatic heterocycles. The minimum atomic E-state index is 0.736. The number of thiophene rings is 1. The lowest BCUT2D eigenvalue weighted by Gasteiger charge is -2.07. The first kappa shape index (κ1) is 18.8. The third kappa shape index (κ3) is 3.44. The van der Waals surface area contributed by atoms with Crippen LogP contribution in [0.1, 0.15) is 23.9 Å². The zero-order chi connectivity index (χ0) is 20.5. The van der Waals surface area contributed by atoms with Gasteiger partial charge in [-0.15, -0.1) is 0 Å². The average molecular weight is 410 g/mol. The second-order valence-corrected chi connectivity index (χ2v) is 8.31. The quantitative estimate of drug-likeness (QED) is 0.322. The number of hydrogen-bond acceptors (Lipinski definition) is 3. The topological polar surface area (TPSA) is 30.7 Å². The molecule has 0 aliphatic heterocycles. The second-order valence-electron chi connectivity index (χ2n) is 7.53. The molecule has 0 radical (unpaired) electrons. The Labute approximate surface area is 180 Å². The zero-order valence-corrected chi connectivity index (χ0v) is 18.0. The number of aromatic nitrogens is 3. The maximum Gasteiger partial charge on any atom is 0.102 e. The molecule has 0 saturated heterocycles. The van der Waals surface area contributed by atoms with Crippen LogP contribution in [0.3, 0.4) is 0 Å². The van der Waals surface area contributed by atoms with E-state index in [-0.39, 0.29) is 0 Å². The van der Waals surface area contributed by atoms with E-state index in [0.717, 1.165) is 46.5 Å². The van der Waals surface area contributed by atoms with Crippen molar-refractivity contribution < 1.29 is 0 Å². The van der Waals surface area contributed by atoms with Gasteiger partial charge in [0.2, 0.25) is 0 Å². The fraction of sp³-hybridized carbons (Fsp3) is 0.154. The van der Waals surface area contributed by atoms with Crippen molar-refractivity contribution in [3.63, 3.8) is 0 Å². The fourth-order valence-electron chi connectivity index (χ4n) is 3.94. The van der Waals surface area contributed by atoms with E-state index in [1.807, 2.05) is 6.07 Å². The van der Waals surface area contributed by atoms with Gasteiger partial charge in [-0.05, 0) is 52.9 Å². The van der Waals surface area contributed by atoms with Crippen molar-refractivity contribution >= 4 is 22.2 Å². The highest BCUT2D eigenvalue weighted by Gasteiger charge is 2.16. The van der Waals surface area contributed by atoms with Crippen LogP contribution < -0.4 is 0 Å². The van der Waals surface area contributed by atoms with Gasteiger partial charge in [-0.1, -0.05) is 61.5 Å². The Morgan fingerprint density at radius 3 is 2.40 bits per heavy atom. The summed E-state index contributed by atoms with van der Waals surface area (Å²) in [5.41, 5.74) is 9.21. The normalized spacial score (nSPS) is 11.3. The molecule has 0 unspecified atom stereocenters.